The minimum Gasteiger partial charge on any atom is -0.359 e. The molecule has 180 valence electrons. The molecule has 2 aromatic heterocycles. The van der Waals surface area contributed by atoms with Crippen molar-refractivity contribution < 1.29 is 9.59 Å². The van der Waals surface area contributed by atoms with E-state index in [1.807, 2.05) is 19.1 Å². The van der Waals surface area contributed by atoms with Crippen LogP contribution in [0.15, 0.2) is 12.1 Å². The van der Waals surface area contributed by atoms with Crippen LogP contribution in [-0.4, -0.2) is 34.5 Å². The number of nitrogens with zero attached hydrogens (tertiary/aromatic N) is 1. The highest BCUT2D eigenvalue weighted by molar-refractivity contribution is 7.80. The number of halogens is 1. The third kappa shape index (κ3) is 5.53. The molecule has 5 rings (SSSR count). The summed E-state index contributed by atoms with van der Waals surface area (Å²) >= 11 is 13.3. The maximum absolute atomic E-state index is 13.2. The monoisotopic (exact) mass is 517 g/mol. The third-order valence-electron chi connectivity index (χ3n) is 6.49. The van der Waals surface area contributed by atoms with Gasteiger partial charge < -0.3 is 21.3 Å². The Kier molecular flexibility index (Phi) is 6.77. The van der Waals surface area contributed by atoms with E-state index in [0.717, 1.165) is 36.9 Å². The molecule has 2 aromatic rings. The lowest BCUT2D eigenvalue weighted by molar-refractivity contribution is -0.117. The number of rotatable bonds is 7. The van der Waals surface area contributed by atoms with Gasteiger partial charge in [-0.15, -0.1) is 11.3 Å². The first-order valence-electron chi connectivity index (χ1n) is 11.8. The van der Waals surface area contributed by atoms with Crippen molar-refractivity contribution >= 4 is 62.8 Å². The fourth-order valence-electron chi connectivity index (χ4n) is 4.20. The van der Waals surface area contributed by atoms with Gasteiger partial charge in [-0.1, -0.05) is 11.6 Å². The number of aromatic nitrogens is 1. The van der Waals surface area contributed by atoms with Crippen LogP contribution in [0.2, 0.25) is 5.15 Å². The van der Waals surface area contributed by atoms with Crippen molar-refractivity contribution in [1.29, 1.82) is 0 Å². The summed E-state index contributed by atoms with van der Waals surface area (Å²) in [5.41, 5.74) is 3.14. The van der Waals surface area contributed by atoms with Crippen molar-refractivity contribution in [3.8, 4) is 0 Å². The van der Waals surface area contributed by atoms with Crippen LogP contribution in [0.1, 0.15) is 58.6 Å². The summed E-state index contributed by atoms with van der Waals surface area (Å²) in [6.45, 7) is 2.58. The summed E-state index contributed by atoms with van der Waals surface area (Å²) in [5.74, 6) is 0.610. The first kappa shape index (κ1) is 23.5. The molecule has 2 heterocycles. The molecule has 2 amide bonds. The number of aryl methyl sites for hydroxylation is 2. The molecular weight excluding hydrogens is 490 g/mol. The molecule has 34 heavy (non-hydrogen) atoms. The van der Waals surface area contributed by atoms with Gasteiger partial charge in [-0.3, -0.25) is 9.59 Å². The Morgan fingerprint density at radius 2 is 1.97 bits per heavy atom. The van der Waals surface area contributed by atoms with Gasteiger partial charge in [-0.25, -0.2) is 4.98 Å². The van der Waals surface area contributed by atoms with Crippen LogP contribution in [0.4, 0.5) is 10.7 Å². The van der Waals surface area contributed by atoms with E-state index in [0.29, 0.717) is 45.4 Å². The van der Waals surface area contributed by atoms with Crippen LogP contribution >= 0.6 is 35.2 Å². The van der Waals surface area contributed by atoms with Gasteiger partial charge in [0.05, 0.1) is 11.3 Å². The smallest absolute Gasteiger partial charge is 0.254 e. The number of nitrogens with one attached hydrogen (secondary N) is 4. The molecule has 0 radical (unpaired) electrons. The second kappa shape index (κ2) is 9.79. The molecule has 7 nitrogen and oxygen atoms in total. The average Bonchev–Trinajstić information content (AvgIpc) is 3.71. The largest absolute Gasteiger partial charge is 0.359 e. The van der Waals surface area contributed by atoms with Crippen LogP contribution in [0, 0.1) is 18.8 Å². The maximum atomic E-state index is 13.2. The lowest BCUT2D eigenvalue weighted by atomic mass is 9.91. The highest BCUT2D eigenvalue weighted by Gasteiger charge is 2.34. The number of carbonyl (C=O) groups is 2. The predicted octanol–water partition coefficient (Wildman–Crippen LogP) is 4.44. The van der Waals surface area contributed by atoms with E-state index in [4.69, 9.17) is 23.8 Å². The molecule has 2 saturated carbocycles. The molecule has 0 spiro atoms. The second-order valence-electron chi connectivity index (χ2n) is 9.45. The zero-order valence-corrected chi connectivity index (χ0v) is 21.4. The number of pyridine rings is 1. The number of thiocarbonyl (C=S) groups is 1. The molecule has 0 aliphatic heterocycles. The number of fused-ring (bicyclic) bond motifs is 1. The quantitative estimate of drug-likeness (QED) is 0.320. The second-order valence-corrected chi connectivity index (χ2v) is 11.3. The Morgan fingerprint density at radius 1 is 1.18 bits per heavy atom. The highest BCUT2D eigenvalue weighted by atomic mass is 35.5. The molecule has 0 aromatic carbocycles. The van der Waals surface area contributed by atoms with E-state index in [9.17, 15) is 9.59 Å². The van der Waals surface area contributed by atoms with E-state index < -0.39 is 0 Å². The molecule has 1 atom stereocenters. The van der Waals surface area contributed by atoms with Gasteiger partial charge >= 0.3 is 0 Å². The number of amides is 2. The fraction of sp³-hybridized carbons (Fsp3) is 0.500. The van der Waals surface area contributed by atoms with Crippen molar-refractivity contribution in [1.82, 2.24) is 15.6 Å². The minimum atomic E-state index is -0.0886. The molecule has 0 saturated heterocycles. The van der Waals surface area contributed by atoms with Crippen LogP contribution in [0.5, 0.6) is 0 Å². The molecule has 2 fully saturated rings. The molecule has 0 unspecified atom stereocenters. The van der Waals surface area contributed by atoms with Crippen molar-refractivity contribution in [2.75, 3.05) is 17.2 Å². The molecule has 4 N–H and O–H groups in total. The average molecular weight is 518 g/mol. The van der Waals surface area contributed by atoms with E-state index >= 15 is 0 Å². The first-order chi connectivity index (χ1) is 16.4. The minimum absolute atomic E-state index is 0.0264. The molecule has 3 aliphatic rings. The summed E-state index contributed by atoms with van der Waals surface area (Å²) in [4.78, 5) is 31.1. The van der Waals surface area contributed by atoms with Gasteiger partial charge in [0, 0.05) is 29.1 Å². The zero-order valence-electron chi connectivity index (χ0n) is 19.0. The Hall–Kier alpha value is -2.23. The normalized spacial score (nSPS) is 19.2. The number of hydrogen-bond donors (Lipinski definition) is 4. The first-order valence-corrected chi connectivity index (χ1v) is 13.4. The van der Waals surface area contributed by atoms with E-state index in [2.05, 4.69) is 26.3 Å². The maximum Gasteiger partial charge on any atom is 0.254 e. The molecule has 3 aliphatic carbocycles. The topological polar surface area (TPSA) is 95.1 Å². The van der Waals surface area contributed by atoms with Crippen LogP contribution < -0.4 is 21.3 Å². The van der Waals surface area contributed by atoms with Gasteiger partial charge in [-0.2, -0.15) is 0 Å². The zero-order chi connectivity index (χ0) is 23.8. The van der Waals surface area contributed by atoms with E-state index in [-0.39, 0.29) is 23.8 Å². The summed E-state index contributed by atoms with van der Waals surface area (Å²) in [6, 6.07) is 3.80. The lowest BCUT2D eigenvalue weighted by Gasteiger charge is -2.25. The van der Waals surface area contributed by atoms with Crippen molar-refractivity contribution in [2.24, 2.45) is 11.8 Å². The van der Waals surface area contributed by atoms with Crippen LogP contribution in [0.3, 0.4) is 0 Å². The predicted molar refractivity (Wildman–Crippen MR) is 140 cm³/mol. The van der Waals surface area contributed by atoms with Gasteiger partial charge in [0.25, 0.3) is 5.91 Å². The molecular formula is C24H28ClN5O2S2. The number of carbonyl (C=O) groups excluding carboxylic acids is 2. The van der Waals surface area contributed by atoms with Crippen LogP contribution in [-0.2, 0) is 17.6 Å². The van der Waals surface area contributed by atoms with Crippen molar-refractivity contribution in [3.05, 3.63) is 39.0 Å². The molecule has 10 heteroatoms. The summed E-state index contributed by atoms with van der Waals surface area (Å²) < 4.78 is 0. The number of anilines is 2. The van der Waals surface area contributed by atoms with Gasteiger partial charge in [0.15, 0.2) is 10.3 Å². The van der Waals surface area contributed by atoms with Crippen molar-refractivity contribution in [3.63, 3.8) is 0 Å². The fourth-order valence-corrected chi connectivity index (χ4v) is 5.97. The Labute approximate surface area is 213 Å². The number of hydrogen-bond acceptors (Lipinski definition) is 5. The summed E-state index contributed by atoms with van der Waals surface area (Å²) in [6.07, 6.45) is 6.57. The van der Waals surface area contributed by atoms with Crippen LogP contribution in [0.25, 0.3) is 0 Å². The Bertz CT molecular complexity index is 1140. The Morgan fingerprint density at radius 3 is 2.68 bits per heavy atom. The van der Waals surface area contributed by atoms with Gasteiger partial charge in [0.2, 0.25) is 5.91 Å². The standard InChI is InChI=1S/C24H28ClN5O2S2/c1-12-2-8-17(20(25)27-12)29-24(33)28-15-7-9-18-16(10-15)19(22(32)26-11-13-3-4-13)23(34-18)30-21(31)14-5-6-14/h2,8,13-15H,3-7,9-11H2,1H3,(H,26,32)(H,30,31)(H2,28,29,33)/t15-/m0/s1. The van der Waals surface area contributed by atoms with Gasteiger partial charge in [-0.05, 0) is 87.7 Å². The summed E-state index contributed by atoms with van der Waals surface area (Å²) in [7, 11) is 0. The Balaban J connectivity index is 1.30. The highest BCUT2D eigenvalue weighted by Crippen LogP contribution is 2.40. The SMILES string of the molecule is Cc1ccc(NC(=S)N[C@H]2CCc3sc(NC(=O)C4CC4)c(C(=O)NCC4CC4)c3C2)c(Cl)n1. The molecule has 0 bridgehead atoms. The third-order valence-corrected chi connectivity index (χ3v) is 8.21. The summed E-state index contributed by atoms with van der Waals surface area (Å²) in [5, 5.41) is 14.2. The van der Waals surface area contributed by atoms with E-state index in [1.165, 1.54) is 17.7 Å². The lowest BCUT2D eigenvalue weighted by Crippen LogP contribution is -2.41. The van der Waals surface area contributed by atoms with Crippen molar-refractivity contribution in [2.45, 2.75) is 57.9 Å². The van der Waals surface area contributed by atoms with E-state index in [1.54, 1.807) is 11.3 Å². The number of thiophene rings is 1. The van der Waals surface area contributed by atoms with Gasteiger partial charge in [0.1, 0.15) is 5.00 Å².